The van der Waals surface area contributed by atoms with Crippen LogP contribution in [0.2, 0.25) is 0 Å². The second kappa shape index (κ2) is 8.66. The Kier molecular flexibility index (Phi) is 6.05. The number of carbonyl (C=O) groups excluding carboxylic acids is 1. The van der Waals surface area contributed by atoms with Crippen LogP contribution in [0.15, 0.2) is 41.7 Å². The first-order valence-corrected chi connectivity index (χ1v) is 9.24. The van der Waals surface area contributed by atoms with Gasteiger partial charge in [0.1, 0.15) is 6.61 Å². The van der Waals surface area contributed by atoms with Crippen molar-refractivity contribution in [2.45, 2.75) is 20.0 Å². The van der Waals surface area contributed by atoms with Crippen molar-refractivity contribution in [2.75, 3.05) is 13.7 Å². The number of nitrogens with zero attached hydrogens (tertiary/aromatic N) is 3. The van der Waals surface area contributed by atoms with E-state index in [2.05, 4.69) is 16.7 Å². The van der Waals surface area contributed by atoms with Gasteiger partial charge in [-0.05, 0) is 31.0 Å². The van der Waals surface area contributed by atoms with Crippen molar-refractivity contribution in [3.8, 4) is 11.5 Å². The zero-order chi connectivity index (χ0) is 20.1. The van der Waals surface area contributed by atoms with Gasteiger partial charge in [0.25, 0.3) is 5.56 Å². The molecule has 0 fully saturated rings. The smallest absolute Gasteiger partial charge is 0.344 e. The van der Waals surface area contributed by atoms with Gasteiger partial charge in [-0.15, -0.1) is 6.58 Å². The number of methoxy groups -OCH3 is 1. The van der Waals surface area contributed by atoms with Crippen molar-refractivity contribution in [1.29, 1.82) is 0 Å². The van der Waals surface area contributed by atoms with Crippen LogP contribution < -0.4 is 15.0 Å². The van der Waals surface area contributed by atoms with Gasteiger partial charge >= 0.3 is 5.97 Å². The third-order valence-electron chi connectivity index (χ3n) is 3.73. The van der Waals surface area contributed by atoms with E-state index in [9.17, 15) is 9.59 Å². The number of aromatic nitrogens is 3. The van der Waals surface area contributed by atoms with Crippen molar-refractivity contribution >= 4 is 22.3 Å². The zero-order valence-corrected chi connectivity index (χ0v) is 16.3. The van der Waals surface area contributed by atoms with Crippen LogP contribution in [-0.2, 0) is 22.6 Å². The van der Waals surface area contributed by atoms with Crippen molar-refractivity contribution in [2.24, 2.45) is 0 Å². The molecule has 0 aliphatic carbocycles. The fourth-order valence-electron chi connectivity index (χ4n) is 2.46. The van der Waals surface area contributed by atoms with E-state index >= 15 is 0 Å². The third kappa shape index (κ3) is 4.55. The van der Waals surface area contributed by atoms with Crippen LogP contribution in [0.25, 0.3) is 4.96 Å². The summed E-state index contributed by atoms with van der Waals surface area (Å²) >= 11 is 1.19. The SMILES string of the molecule is C=CCc1ccc(OCC(=O)OCc2nn3c(=O)cc(C)nc3s2)c(OC)c1. The highest BCUT2D eigenvalue weighted by atomic mass is 32.1. The van der Waals surface area contributed by atoms with Gasteiger partial charge in [-0.1, -0.05) is 23.5 Å². The normalized spacial score (nSPS) is 10.6. The predicted molar refractivity (Wildman–Crippen MR) is 104 cm³/mol. The Hall–Kier alpha value is -3.20. The summed E-state index contributed by atoms with van der Waals surface area (Å²) in [5.41, 5.74) is 1.36. The molecule has 28 heavy (non-hydrogen) atoms. The van der Waals surface area contributed by atoms with Gasteiger partial charge in [-0.2, -0.15) is 9.61 Å². The maximum atomic E-state index is 12.0. The van der Waals surface area contributed by atoms with Gasteiger partial charge in [-0.3, -0.25) is 4.79 Å². The Labute approximate surface area is 165 Å². The van der Waals surface area contributed by atoms with Crippen LogP contribution in [0.1, 0.15) is 16.3 Å². The lowest BCUT2D eigenvalue weighted by Gasteiger charge is -2.11. The van der Waals surface area contributed by atoms with Crippen LogP contribution >= 0.6 is 11.3 Å². The minimum atomic E-state index is -0.562. The van der Waals surface area contributed by atoms with E-state index in [1.807, 2.05) is 12.1 Å². The molecule has 0 saturated heterocycles. The van der Waals surface area contributed by atoms with Crippen LogP contribution in [-0.4, -0.2) is 34.3 Å². The van der Waals surface area contributed by atoms with Crippen LogP contribution in [0.3, 0.4) is 0 Å². The van der Waals surface area contributed by atoms with Crippen molar-refractivity contribution in [1.82, 2.24) is 14.6 Å². The number of allylic oxidation sites excluding steroid dienone is 1. The molecule has 9 heteroatoms. The van der Waals surface area contributed by atoms with Gasteiger partial charge in [0.05, 0.1) is 7.11 Å². The van der Waals surface area contributed by atoms with Crippen LogP contribution in [0.4, 0.5) is 0 Å². The maximum absolute atomic E-state index is 12.0. The number of hydrogen-bond donors (Lipinski definition) is 0. The minimum Gasteiger partial charge on any atom is -0.493 e. The molecule has 1 aromatic carbocycles. The monoisotopic (exact) mass is 401 g/mol. The summed E-state index contributed by atoms with van der Waals surface area (Å²) in [5.74, 6) is 0.408. The number of aryl methyl sites for hydroxylation is 1. The second-order valence-corrected chi connectivity index (χ2v) is 6.89. The Morgan fingerprint density at radius 1 is 1.32 bits per heavy atom. The number of carbonyl (C=O) groups is 1. The fourth-order valence-corrected chi connectivity index (χ4v) is 3.32. The molecule has 3 rings (SSSR count). The number of benzene rings is 1. The molecule has 0 bridgehead atoms. The summed E-state index contributed by atoms with van der Waals surface area (Å²) < 4.78 is 17.1. The van der Waals surface area contributed by atoms with Gasteiger partial charge in [0.15, 0.2) is 23.1 Å². The summed E-state index contributed by atoms with van der Waals surface area (Å²) in [6.45, 7) is 5.09. The fraction of sp³-hybridized carbons (Fsp3) is 0.263. The molecular weight excluding hydrogens is 382 g/mol. The molecule has 0 aliphatic heterocycles. The van der Waals surface area contributed by atoms with E-state index in [0.717, 1.165) is 5.56 Å². The molecule has 146 valence electrons. The van der Waals surface area contributed by atoms with Crippen molar-refractivity contribution < 1.29 is 19.0 Å². The lowest BCUT2D eigenvalue weighted by molar-refractivity contribution is -0.147. The van der Waals surface area contributed by atoms with Crippen LogP contribution in [0, 0.1) is 6.92 Å². The quantitative estimate of drug-likeness (QED) is 0.422. The molecule has 2 heterocycles. The van der Waals surface area contributed by atoms with E-state index in [4.69, 9.17) is 14.2 Å². The Morgan fingerprint density at radius 3 is 2.89 bits per heavy atom. The Balaban J connectivity index is 1.58. The molecule has 0 unspecified atom stereocenters. The summed E-state index contributed by atoms with van der Waals surface area (Å²) in [7, 11) is 1.53. The van der Waals surface area contributed by atoms with E-state index in [1.54, 1.807) is 19.1 Å². The number of rotatable bonds is 8. The van der Waals surface area contributed by atoms with Gasteiger partial charge in [0.2, 0.25) is 4.96 Å². The van der Waals surface area contributed by atoms with E-state index in [-0.39, 0.29) is 18.8 Å². The lowest BCUT2D eigenvalue weighted by Crippen LogP contribution is -2.16. The van der Waals surface area contributed by atoms with E-state index in [1.165, 1.54) is 29.0 Å². The predicted octanol–water partition coefficient (Wildman–Crippen LogP) is 2.32. The molecule has 2 aromatic heterocycles. The maximum Gasteiger partial charge on any atom is 0.344 e. The first-order valence-electron chi connectivity index (χ1n) is 8.43. The minimum absolute atomic E-state index is 0.0654. The number of hydrogen-bond acceptors (Lipinski definition) is 8. The average molecular weight is 401 g/mol. The van der Waals surface area contributed by atoms with Crippen molar-refractivity contribution in [3.05, 3.63) is 63.5 Å². The van der Waals surface area contributed by atoms with Gasteiger partial charge < -0.3 is 14.2 Å². The Bertz CT molecular complexity index is 1070. The van der Waals surface area contributed by atoms with Gasteiger partial charge in [0, 0.05) is 11.8 Å². The third-order valence-corrected chi connectivity index (χ3v) is 4.61. The average Bonchev–Trinajstić information content (AvgIpc) is 3.08. The molecule has 0 aliphatic rings. The molecule has 0 amide bonds. The van der Waals surface area contributed by atoms with Crippen LogP contribution in [0.5, 0.6) is 11.5 Å². The summed E-state index contributed by atoms with van der Waals surface area (Å²) in [4.78, 5) is 28.5. The number of esters is 1. The molecule has 0 radical (unpaired) electrons. The first-order chi connectivity index (χ1) is 13.5. The summed E-state index contributed by atoms with van der Waals surface area (Å²) in [5, 5.41) is 4.58. The second-order valence-electron chi connectivity index (χ2n) is 5.85. The number of ether oxygens (including phenoxy) is 3. The summed E-state index contributed by atoms with van der Waals surface area (Å²) in [6, 6.07) is 6.83. The standard InChI is InChI=1S/C19H19N3O5S/c1-4-5-13-6-7-14(15(9-13)25-3)26-11-18(24)27-10-16-21-22-17(23)8-12(2)20-19(22)28-16/h4,6-9H,1,5,10-11H2,2-3H3. The molecule has 0 N–H and O–H groups in total. The van der Waals surface area contributed by atoms with Crippen molar-refractivity contribution in [3.63, 3.8) is 0 Å². The molecular formula is C19H19N3O5S. The molecule has 0 saturated carbocycles. The number of fused-ring (bicyclic) bond motifs is 1. The highest BCUT2D eigenvalue weighted by molar-refractivity contribution is 7.16. The molecule has 3 aromatic rings. The van der Waals surface area contributed by atoms with E-state index in [0.29, 0.717) is 33.6 Å². The molecule has 8 nitrogen and oxygen atoms in total. The topological polar surface area (TPSA) is 92.0 Å². The highest BCUT2D eigenvalue weighted by Gasteiger charge is 2.12. The largest absolute Gasteiger partial charge is 0.493 e. The van der Waals surface area contributed by atoms with Gasteiger partial charge in [-0.25, -0.2) is 9.78 Å². The lowest BCUT2D eigenvalue weighted by atomic mass is 10.1. The Morgan fingerprint density at radius 2 is 2.14 bits per heavy atom. The molecule has 0 spiro atoms. The van der Waals surface area contributed by atoms with E-state index < -0.39 is 5.97 Å². The summed E-state index contributed by atoms with van der Waals surface area (Å²) in [6.07, 6.45) is 2.50. The zero-order valence-electron chi connectivity index (χ0n) is 15.5. The highest BCUT2D eigenvalue weighted by Crippen LogP contribution is 2.28. The first kappa shape index (κ1) is 19.6. The molecule has 0 atom stereocenters.